The SMILES string of the molecule is COC(=O)c1ccc(C(C)Nc2ccccc2OC)o1. The first-order valence-electron chi connectivity index (χ1n) is 6.23. The summed E-state index contributed by atoms with van der Waals surface area (Å²) in [6.45, 7) is 1.94. The number of hydrogen-bond acceptors (Lipinski definition) is 5. The van der Waals surface area contributed by atoms with E-state index in [0.29, 0.717) is 5.76 Å². The molecule has 1 aromatic heterocycles. The summed E-state index contributed by atoms with van der Waals surface area (Å²) in [5.41, 5.74) is 0.860. The second-order valence-electron chi connectivity index (χ2n) is 4.26. The molecule has 0 aliphatic heterocycles. The molecule has 2 rings (SSSR count). The second-order valence-corrected chi connectivity index (χ2v) is 4.26. The number of ether oxygens (including phenoxy) is 2. The van der Waals surface area contributed by atoms with E-state index in [1.807, 2.05) is 31.2 Å². The van der Waals surface area contributed by atoms with Gasteiger partial charge in [0.1, 0.15) is 11.5 Å². The first-order valence-corrected chi connectivity index (χ1v) is 6.23. The van der Waals surface area contributed by atoms with E-state index in [1.165, 1.54) is 7.11 Å². The smallest absolute Gasteiger partial charge is 0.373 e. The summed E-state index contributed by atoms with van der Waals surface area (Å²) in [5, 5.41) is 3.28. The molecule has 0 amide bonds. The number of carbonyl (C=O) groups is 1. The zero-order valence-corrected chi connectivity index (χ0v) is 11.7. The third kappa shape index (κ3) is 2.93. The lowest BCUT2D eigenvalue weighted by Gasteiger charge is -2.15. The van der Waals surface area contributed by atoms with E-state index in [4.69, 9.17) is 9.15 Å². The molecule has 1 heterocycles. The zero-order chi connectivity index (χ0) is 14.5. The minimum absolute atomic E-state index is 0.107. The highest BCUT2D eigenvalue weighted by molar-refractivity contribution is 5.86. The van der Waals surface area contributed by atoms with Gasteiger partial charge in [0, 0.05) is 0 Å². The lowest BCUT2D eigenvalue weighted by Crippen LogP contribution is -2.07. The van der Waals surface area contributed by atoms with Gasteiger partial charge in [-0.25, -0.2) is 4.79 Å². The van der Waals surface area contributed by atoms with Gasteiger partial charge < -0.3 is 19.2 Å². The number of carbonyl (C=O) groups excluding carboxylic acids is 1. The largest absolute Gasteiger partial charge is 0.495 e. The molecule has 0 bridgehead atoms. The fourth-order valence-corrected chi connectivity index (χ4v) is 1.86. The fraction of sp³-hybridized carbons (Fsp3) is 0.267. The number of anilines is 1. The van der Waals surface area contributed by atoms with Crippen molar-refractivity contribution in [2.75, 3.05) is 19.5 Å². The summed E-state index contributed by atoms with van der Waals surface area (Å²) < 4.78 is 15.4. The quantitative estimate of drug-likeness (QED) is 0.849. The van der Waals surface area contributed by atoms with E-state index in [9.17, 15) is 4.79 Å². The van der Waals surface area contributed by atoms with E-state index in [1.54, 1.807) is 19.2 Å². The molecule has 2 aromatic rings. The number of benzene rings is 1. The van der Waals surface area contributed by atoms with Gasteiger partial charge in [0.25, 0.3) is 0 Å². The van der Waals surface area contributed by atoms with Crippen molar-refractivity contribution in [2.24, 2.45) is 0 Å². The predicted octanol–water partition coefficient (Wildman–Crippen LogP) is 3.25. The maximum Gasteiger partial charge on any atom is 0.373 e. The Bertz CT molecular complexity index is 591. The maximum absolute atomic E-state index is 11.4. The molecule has 0 spiro atoms. The average Bonchev–Trinajstić information content (AvgIpc) is 2.97. The highest BCUT2D eigenvalue weighted by Gasteiger charge is 2.16. The number of esters is 1. The number of nitrogens with one attached hydrogen (secondary N) is 1. The summed E-state index contributed by atoms with van der Waals surface area (Å²) in [7, 11) is 2.94. The summed E-state index contributed by atoms with van der Waals surface area (Å²) in [6.07, 6.45) is 0. The number of methoxy groups -OCH3 is 2. The molecule has 106 valence electrons. The zero-order valence-electron chi connectivity index (χ0n) is 11.7. The van der Waals surface area contributed by atoms with Crippen LogP contribution in [0.25, 0.3) is 0 Å². The number of hydrogen-bond donors (Lipinski definition) is 1. The fourth-order valence-electron chi connectivity index (χ4n) is 1.86. The predicted molar refractivity (Wildman–Crippen MR) is 75.1 cm³/mol. The van der Waals surface area contributed by atoms with Crippen LogP contribution in [0.1, 0.15) is 29.3 Å². The van der Waals surface area contributed by atoms with Gasteiger partial charge in [-0.1, -0.05) is 12.1 Å². The molecule has 0 saturated carbocycles. The van der Waals surface area contributed by atoms with Crippen molar-refractivity contribution in [3.8, 4) is 5.75 Å². The van der Waals surface area contributed by atoms with Gasteiger partial charge in [0.15, 0.2) is 0 Å². The van der Waals surface area contributed by atoms with Crippen LogP contribution in [-0.4, -0.2) is 20.2 Å². The van der Waals surface area contributed by atoms with Crippen LogP contribution in [0, 0.1) is 0 Å². The summed E-state index contributed by atoms with van der Waals surface area (Å²) in [5.74, 6) is 1.10. The van der Waals surface area contributed by atoms with Crippen molar-refractivity contribution in [2.45, 2.75) is 13.0 Å². The molecule has 1 N–H and O–H groups in total. The first kappa shape index (κ1) is 14.0. The van der Waals surface area contributed by atoms with E-state index in [-0.39, 0.29) is 11.8 Å². The van der Waals surface area contributed by atoms with Gasteiger partial charge in [-0.05, 0) is 31.2 Å². The van der Waals surface area contributed by atoms with E-state index < -0.39 is 5.97 Å². The molecule has 1 aromatic carbocycles. The van der Waals surface area contributed by atoms with Crippen LogP contribution in [-0.2, 0) is 4.74 Å². The topological polar surface area (TPSA) is 60.7 Å². The van der Waals surface area contributed by atoms with Crippen molar-refractivity contribution in [1.82, 2.24) is 0 Å². The van der Waals surface area contributed by atoms with Gasteiger partial charge in [-0.2, -0.15) is 0 Å². The molecule has 1 atom stereocenters. The molecular formula is C15H17NO4. The number of furan rings is 1. The molecule has 5 nitrogen and oxygen atoms in total. The molecule has 0 aliphatic carbocycles. The Morgan fingerprint density at radius 3 is 2.65 bits per heavy atom. The number of para-hydroxylation sites is 2. The van der Waals surface area contributed by atoms with Crippen LogP contribution in [0.15, 0.2) is 40.8 Å². The molecule has 0 saturated heterocycles. The van der Waals surface area contributed by atoms with E-state index in [2.05, 4.69) is 10.1 Å². The molecule has 0 radical (unpaired) electrons. The second kappa shape index (κ2) is 6.14. The minimum atomic E-state index is -0.485. The first-order chi connectivity index (χ1) is 9.65. The third-order valence-corrected chi connectivity index (χ3v) is 2.92. The summed E-state index contributed by atoms with van der Waals surface area (Å²) >= 11 is 0. The van der Waals surface area contributed by atoms with Gasteiger partial charge in [-0.3, -0.25) is 0 Å². The summed E-state index contributed by atoms with van der Waals surface area (Å²) in [4.78, 5) is 11.4. The Morgan fingerprint density at radius 2 is 1.95 bits per heavy atom. The van der Waals surface area contributed by atoms with Gasteiger partial charge in [-0.15, -0.1) is 0 Å². The normalized spacial score (nSPS) is 11.8. The monoisotopic (exact) mass is 275 g/mol. The Kier molecular flexibility index (Phi) is 4.30. The van der Waals surface area contributed by atoms with Crippen LogP contribution >= 0.6 is 0 Å². The minimum Gasteiger partial charge on any atom is -0.495 e. The van der Waals surface area contributed by atoms with Crippen LogP contribution in [0.3, 0.4) is 0 Å². The van der Waals surface area contributed by atoms with Crippen LogP contribution < -0.4 is 10.1 Å². The van der Waals surface area contributed by atoms with Crippen molar-refractivity contribution in [3.63, 3.8) is 0 Å². The Morgan fingerprint density at radius 1 is 1.20 bits per heavy atom. The molecule has 0 fully saturated rings. The summed E-state index contributed by atoms with van der Waals surface area (Å²) in [6, 6.07) is 10.8. The molecule has 20 heavy (non-hydrogen) atoms. The van der Waals surface area contributed by atoms with Crippen LogP contribution in [0.5, 0.6) is 5.75 Å². The molecule has 0 aliphatic rings. The van der Waals surface area contributed by atoms with Crippen LogP contribution in [0.2, 0.25) is 0 Å². The van der Waals surface area contributed by atoms with Crippen molar-refractivity contribution in [1.29, 1.82) is 0 Å². The van der Waals surface area contributed by atoms with Gasteiger partial charge in [0.05, 0.1) is 25.9 Å². The molecular weight excluding hydrogens is 258 g/mol. The standard InChI is InChI=1S/C15H17NO4/c1-10(12-8-9-14(20-12)15(17)19-3)16-11-6-4-5-7-13(11)18-2/h4-10,16H,1-3H3. The maximum atomic E-state index is 11.4. The Balaban J connectivity index is 2.13. The van der Waals surface area contributed by atoms with Gasteiger partial charge >= 0.3 is 5.97 Å². The van der Waals surface area contributed by atoms with Crippen molar-refractivity contribution in [3.05, 3.63) is 47.9 Å². The Labute approximate surface area is 117 Å². The van der Waals surface area contributed by atoms with Crippen molar-refractivity contribution < 1.29 is 18.7 Å². The van der Waals surface area contributed by atoms with E-state index in [0.717, 1.165) is 11.4 Å². The van der Waals surface area contributed by atoms with Crippen molar-refractivity contribution >= 4 is 11.7 Å². The lowest BCUT2D eigenvalue weighted by atomic mass is 10.2. The molecule has 5 heteroatoms. The molecule has 1 unspecified atom stereocenters. The Hall–Kier alpha value is -2.43. The number of rotatable bonds is 5. The van der Waals surface area contributed by atoms with Crippen LogP contribution in [0.4, 0.5) is 5.69 Å². The average molecular weight is 275 g/mol. The lowest BCUT2D eigenvalue weighted by molar-refractivity contribution is 0.0562. The van der Waals surface area contributed by atoms with Gasteiger partial charge in [0.2, 0.25) is 5.76 Å². The third-order valence-electron chi connectivity index (χ3n) is 2.92. The highest BCUT2D eigenvalue weighted by atomic mass is 16.5. The highest BCUT2D eigenvalue weighted by Crippen LogP contribution is 2.28. The van der Waals surface area contributed by atoms with E-state index >= 15 is 0 Å².